The zero-order valence-electron chi connectivity index (χ0n) is 15.6. The molecule has 158 valence electrons. The SMILES string of the molecule is CCC(CC)C(=O)Nc1nnc(SCC(=O)Nc2ccc(OC(F)(F)F)cc2)s1. The Kier molecular flexibility index (Phi) is 8.26. The lowest BCUT2D eigenvalue weighted by Crippen LogP contribution is -2.21. The lowest BCUT2D eigenvalue weighted by Gasteiger charge is -2.10. The van der Waals surface area contributed by atoms with Crippen molar-refractivity contribution >= 4 is 45.7 Å². The van der Waals surface area contributed by atoms with E-state index in [4.69, 9.17) is 0 Å². The summed E-state index contributed by atoms with van der Waals surface area (Å²) < 4.78 is 40.7. The van der Waals surface area contributed by atoms with Gasteiger partial charge in [0.1, 0.15) is 5.75 Å². The van der Waals surface area contributed by atoms with Crippen LogP contribution in [0.2, 0.25) is 0 Å². The first-order chi connectivity index (χ1) is 13.7. The van der Waals surface area contributed by atoms with E-state index < -0.39 is 6.36 Å². The van der Waals surface area contributed by atoms with E-state index in [0.717, 1.165) is 48.1 Å². The molecule has 0 spiro atoms. The molecular weight excluding hydrogens is 429 g/mol. The second-order valence-corrected chi connectivity index (χ2v) is 7.98. The minimum atomic E-state index is -4.77. The quantitative estimate of drug-likeness (QED) is 0.432. The standard InChI is InChI=1S/C17H19F3N4O3S2/c1-3-10(4-2)14(26)22-15-23-24-16(29-15)28-9-13(25)21-11-5-7-12(8-6-11)27-17(18,19)20/h5-8,10H,3-4,9H2,1-2H3,(H,21,25)(H,22,23,26). The molecule has 0 bridgehead atoms. The van der Waals surface area contributed by atoms with Crippen LogP contribution in [0.3, 0.4) is 0 Å². The Labute approximate surface area is 173 Å². The third-order valence-electron chi connectivity index (χ3n) is 3.69. The van der Waals surface area contributed by atoms with E-state index >= 15 is 0 Å². The fourth-order valence-electron chi connectivity index (χ4n) is 2.25. The lowest BCUT2D eigenvalue weighted by atomic mass is 10.0. The van der Waals surface area contributed by atoms with Crippen molar-refractivity contribution in [3.05, 3.63) is 24.3 Å². The van der Waals surface area contributed by atoms with Crippen LogP contribution < -0.4 is 15.4 Å². The number of nitrogens with zero attached hydrogens (tertiary/aromatic N) is 2. The van der Waals surface area contributed by atoms with Crippen molar-refractivity contribution in [2.45, 2.75) is 37.4 Å². The molecule has 2 rings (SSSR count). The highest BCUT2D eigenvalue weighted by Crippen LogP contribution is 2.27. The Balaban J connectivity index is 1.81. The second-order valence-electron chi connectivity index (χ2n) is 5.78. The maximum atomic E-state index is 12.1. The third kappa shape index (κ3) is 7.89. The van der Waals surface area contributed by atoms with Crippen LogP contribution in [0.1, 0.15) is 26.7 Å². The van der Waals surface area contributed by atoms with Gasteiger partial charge in [-0.05, 0) is 37.1 Å². The van der Waals surface area contributed by atoms with Crippen molar-refractivity contribution in [3.8, 4) is 5.75 Å². The van der Waals surface area contributed by atoms with E-state index in [1.54, 1.807) is 0 Å². The summed E-state index contributed by atoms with van der Waals surface area (Å²) in [7, 11) is 0. The van der Waals surface area contributed by atoms with E-state index in [1.807, 2.05) is 13.8 Å². The van der Waals surface area contributed by atoms with Crippen LogP contribution in [0.25, 0.3) is 0 Å². The average molecular weight is 448 g/mol. The highest BCUT2D eigenvalue weighted by molar-refractivity contribution is 8.01. The van der Waals surface area contributed by atoms with Gasteiger partial charge in [0.25, 0.3) is 0 Å². The smallest absolute Gasteiger partial charge is 0.406 e. The van der Waals surface area contributed by atoms with Gasteiger partial charge in [0.05, 0.1) is 5.75 Å². The molecule has 1 heterocycles. The van der Waals surface area contributed by atoms with Crippen molar-refractivity contribution in [2.75, 3.05) is 16.4 Å². The van der Waals surface area contributed by atoms with Gasteiger partial charge in [-0.15, -0.1) is 23.4 Å². The topological polar surface area (TPSA) is 93.2 Å². The normalized spacial score (nSPS) is 11.4. The van der Waals surface area contributed by atoms with Gasteiger partial charge in [-0.3, -0.25) is 9.59 Å². The molecule has 0 saturated heterocycles. The van der Waals surface area contributed by atoms with E-state index in [9.17, 15) is 22.8 Å². The molecule has 0 saturated carbocycles. The van der Waals surface area contributed by atoms with Gasteiger partial charge in [0.15, 0.2) is 4.34 Å². The first-order valence-electron chi connectivity index (χ1n) is 8.63. The van der Waals surface area contributed by atoms with Crippen LogP contribution in [0.5, 0.6) is 5.75 Å². The van der Waals surface area contributed by atoms with Crippen molar-refractivity contribution < 1.29 is 27.5 Å². The highest BCUT2D eigenvalue weighted by Gasteiger charge is 2.31. The number of halogens is 3. The Morgan fingerprint density at radius 3 is 2.38 bits per heavy atom. The molecule has 0 unspecified atom stereocenters. The summed E-state index contributed by atoms with van der Waals surface area (Å²) in [5.74, 6) is -0.915. The van der Waals surface area contributed by atoms with Crippen LogP contribution in [-0.2, 0) is 9.59 Å². The lowest BCUT2D eigenvalue weighted by molar-refractivity contribution is -0.274. The number of hydrogen-bond acceptors (Lipinski definition) is 7. The number of benzene rings is 1. The number of hydrogen-bond donors (Lipinski definition) is 2. The molecule has 1 aromatic heterocycles. The zero-order chi connectivity index (χ0) is 21.4. The van der Waals surface area contributed by atoms with E-state index in [1.165, 1.54) is 12.1 Å². The monoisotopic (exact) mass is 448 g/mol. The fourth-order valence-corrected chi connectivity index (χ4v) is 3.80. The minimum Gasteiger partial charge on any atom is -0.406 e. The van der Waals surface area contributed by atoms with Crippen LogP contribution in [0.15, 0.2) is 28.6 Å². The van der Waals surface area contributed by atoms with Gasteiger partial charge in [-0.1, -0.05) is 36.9 Å². The second kappa shape index (κ2) is 10.4. The number of aromatic nitrogens is 2. The molecule has 0 radical (unpaired) electrons. The van der Waals surface area contributed by atoms with E-state index in [0.29, 0.717) is 15.2 Å². The number of nitrogens with one attached hydrogen (secondary N) is 2. The number of carbonyl (C=O) groups excluding carboxylic acids is 2. The average Bonchev–Trinajstić information content (AvgIpc) is 3.09. The Bertz CT molecular complexity index is 824. The first-order valence-corrected chi connectivity index (χ1v) is 10.4. The summed E-state index contributed by atoms with van der Waals surface area (Å²) in [4.78, 5) is 24.0. The number of anilines is 2. The summed E-state index contributed by atoms with van der Waals surface area (Å²) in [5, 5.41) is 13.4. The molecule has 0 aliphatic heterocycles. The van der Waals surface area contributed by atoms with Gasteiger partial charge in [-0.25, -0.2) is 0 Å². The summed E-state index contributed by atoms with van der Waals surface area (Å²) in [6.45, 7) is 3.87. The number of ether oxygens (including phenoxy) is 1. The number of rotatable bonds is 9. The van der Waals surface area contributed by atoms with Crippen molar-refractivity contribution in [2.24, 2.45) is 5.92 Å². The Hall–Kier alpha value is -2.34. The molecule has 0 aliphatic carbocycles. The predicted octanol–water partition coefficient (Wildman–Crippen LogP) is 4.54. The third-order valence-corrected chi connectivity index (χ3v) is 5.66. The molecule has 0 fully saturated rings. The van der Waals surface area contributed by atoms with Gasteiger partial charge in [0, 0.05) is 11.6 Å². The molecule has 12 heteroatoms. The largest absolute Gasteiger partial charge is 0.573 e. The molecule has 7 nitrogen and oxygen atoms in total. The van der Waals surface area contributed by atoms with Gasteiger partial charge in [0.2, 0.25) is 16.9 Å². The molecule has 2 N–H and O–H groups in total. The summed E-state index contributed by atoms with van der Waals surface area (Å²) in [6, 6.07) is 4.83. The number of thioether (sulfide) groups is 1. The van der Waals surface area contributed by atoms with Crippen LogP contribution in [-0.4, -0.2) is 34.1 Å². The van der Waals surface area contributed by atoms with Crippen LogP contribution in [0, 0.1) is 5.92 Å². The first kappa shape index (κ1) is 22.9. The van der Waals surface area contributed by atoms with Gasteiger partial charge < -0.3 is 15.4 Å². The Morgan fingerprint density at radius 1 is 1.14 bits per heavy atom. The maximum Gasteiger partial charge on any atom is 0.573 e. The van der Waals surface area contributed by atoms with Crippen LogP contribution >= 0.6 is 23.1 Å². The fraction of sp³-hybridized carbons (Fsp3) is 0.412. The van der Waals surface area contributed by atoms with Crippen molar-refractivity contribution in [1.29, 1.82) is 0 Å². The summed E-state index contributed by atoms with van der Waals surface area (Å²) in [6.07, 6.45) is -3.31. The summed E-state index contributed by atoms with van der Waals surface area (Å²) in [5.41, 5.74) is 0.334. The molecule has 0 aliphatic rings. The van der Waals surface area contributed by atoms with Crippen LogP contribution in [0.4, 0.5) is 24.0 Å². The maximum absolute atomic E-state index is 12.1. The molecular formula is C17H19F3N4O3S2. The number of alkyl halides is 3. The number of amides is 2. The molecule has 2 amide bonds. The van der Waals surface area contributed by atoms with Crippen molar-refractivity contribution in [3.63, 3.8) is 0 Å². The Morgan fingerprint density at radius 2 is 1.79 bits per heavy atom. The van der Waals surface area contributed by atoms with Crippen molar-refractivity contribution in [1.82, 2.24) is 10.2 Å². The summed E-state index contributed by atoms with van der Waals surface area (Å²) >= 11 is 2.30. The molecule has 0 atom stereocenters. The molecule has 1 aromatic carbocycles. The van der Waals surface area contributed by atoms with Gasteiger partial charge in [-0.2, -0.15) is 0 Å². The predicted molar refractivity (Wildman–Crippen MR) is 105 cm³/mol. The van der Waals surface area contributed by atoms with E-state index in [-0.39, 0.29) is 29.2 Å². The van der Waals surface area contributed by atoms with Gasteiger partial charge >= 0.3 is 6.36 Å². The number of carbonyl (C=O) groups is 2. The highest BCUT2D eigenvalue weighted by atomic mass is 32.2. The zero-order valence-corrected chi connectivity index (χ0v) is 17.2. The minimum absolute atomic E-state index is 0.0237. The van der Waals surface area contributed by atoms with E-state index in [2.05, 4.69) is 25.6 Å². The molecule has 2 aromatic rings. The molecule has 29 heavy (non-hydrogen) atoms.